The third kappa shape index (κ3) is 3.44. The summed E-state index contributed by atoms with van der Waals surface area (Å²) in [5.74, 6) is 0.738. The Morgan fingerprint density at radius 1 is 1.10 bits per heavy atom. The average molecular weight is 274 g/mol. The predicted molar refractivity (Wildman–Crippen MR) is 85.7 cm³/mol. The fourth-order valence-electron chi connectivity index (χ4n) is 3.52. The molecule has 2 rings (SSSR count). The summed E-state index contributed by atoms with van der Waals surface area (Å²) in [4.78, 5) is 0. The molecule has 0 saturated heterocycles. The van der Waals surface area contributed by atoms with Crippen LogP contribution in [0.5, 0.6) is 0 Å². The largest absolute Gasteiger partial charge is 0.385 e. The standard InChI is InChI=1S/C19H30O/c1-5-6-15-7-9-17(10-8-15)19(20)13-11-16(12-14-19)18(2,3)4/h7-10,16,20H,5-6,11-14H2,1-4H3. The van der Waals surface area contributed by atoms with Crippen molar-refractivity contribution in [2.45, 2.75) is 71.8 Å². The highest BCUT2D eigenvalue weighted by atomic mass is 16.3. The molecule has 0 spiro atoms. The first-order chi connectivity index (χ1) is 9.35. The van der Waals surface area contributed by atoms with Crippen molar-refractivity contribution in [2.24, 2.45) is 11.3 Å². The number of hydrogen-bond acceptors (Lipinski definition) is 1. The molecule has 0 bridgehead atoms. The Labute approximate surface area is 124 Å². The molecule has 0 atom stereocenters. The monoisotopic (exact) mass is 274 g/mol. The van der Waals surface area contributed by atoms with Crippen LogP contribution in [0.1, 0.15) is 70.9 Å². The molecule has 0 radical (unpaired) electrons. The zero-order valence-electron chi connectivity index (χ0n) is 13.6. The molecule has 1 aliphatic rings. The summed E-state index contributed by atoms with van der Waals surface area (Å²) in [7, 11) is 0. The lowest BCUT2D eigenvalue weighted by atomic mass is 9.67. The van der Waals surface area contributed by atoms with Gasteiger partial charge in [-0.2, -0.15) is 0 Å². The molecule has 0 heterocycles. The first-order valence-corrected chi connectivity index (χ1v) is 8.17. The van der Waals surface area contributed by atoms with Crippen LogP contribution in [0, 0.1) is 11.3 Å². The molecule has 1 fully saturated rings. The minimum absolute atomic E-state index is 0.367. The number of aryl methyl sites for hydroxylation is 1. The Morgan fingerprint density at radius 2 is 1.65 bits per heavy atom. The normalized spacial score (nSPS) is 27.6. The molecule has 0 aliphatic heterocycles. The van der Waals surface area contributed by atoms with Crippen molar-refractivity contribution in [1.29, 1.82) is 0 Å². The summed E-state index contributed by atoms with van der Waals surface area (Å²) in [5.41, 5.74) is 2.27. The van der Waals surface area contributed by atoms with Crippen LogP contribution < -0.4 is 0 Å². The third-order valence-electron chi connectivity index (χ3n) is 5.07. The summed E-state index contributed by atoms with van der Waals surface area (Å²) < 4.78 is 0. The van der Waals surface area contributed by atoms with E-state index in [1.165, 1.54) is 12.0 Å². The lowest BCUT2D eigenvalue weighted by Gasteiger charge is -2.41. The first-order valence-electron chi connectivity index (χ1n) is 8.17. The maximum Gasteiger partial charge on any atom is 0.0896 e. The Kier molecular flexibility index (Phi) is 4.59. The molecule has 0 unspecified atom stereocenters. The summed E-state index contributed by atoms with van der Waals surface area (Å²) in [6, 6.07) is 8.66. The van der Waals surface area contributed by atoms with E-state index in [4.69, 9.17) is 0 Å². The van der Waals surface area contributed by atoms with Gasteiger partial charge in [-0.15, -0.1) is 0 Å². The molecular weight excluding hydrogens is 244 g/mol. The van der Waals surface area contributed by atoms with E-state index >= 15 is 0 Å². The average Bonchev–Trinajstić information content (AvgIpc) is 2.39. The van der Waals surface area contributed by atoms with Crippen molar-refractivity contribution >= 4 is 0 Å². The van der Waals surface area contributed by atoms with Crippen molar-refractivity contribution in [2.75, 3.05) is 0 Å². The van der Waals surface area contributed by atoms with Crippen molar-refractivity contribution in [3.05, 3.63) is 35.4 Å². The smallest absolute Gasteiger partial charge is 0.0896 e. The van der Waals surface area contributed by atoms with Crippen LogP contribution in [0.3, 0.4) is 0 Å². The van der Waals surface area contributed by atoms with Gasteiger partial charge < -0.3 is 5.11 Å². The van der Waals surface area contributed by atoms with Crippen LogP contribution in [0.2, 0.25) is 0 Å². The van der Waals surface area contributed by atoms with Gasteiger partial charge in [-0.25, -0.2) is 0 Å². The SMILES string of the molecule is CCCc1ccc(C2(O)CCC(C(C)(C)C)CC2)cc1. The maximum atomic E-state index is 10.9. The van der Waals surface area contributed by atoms with Crippen molar-refractivity contribution in [1.82, 2.24) is 0 Å². The molecule has 1 aliphatic carbocycles. The van der Waals surface area contributed by atoms with Gasteiger partial charge in [-0.05, 0) is 54.6 Å². The predicted octanol–water partition coefficient (Wildman–Crippen LogP) is 5.06. The van der Waals surface area contributed by atoms with Crippen LogP contribution in [0.4, 0.5) is 0 Å². The molecule has 20 heavy (non-hydrogen) atoms. The summed E-state index contributed by atoms with van der Waals surface area (Å²) >= 11 is 0. The molecule has 1 aromatic rings. The van der Waals surface area contributed by atoms with Gasteiger partial charge in [-0.1, -0.05) is 58.4 Å². The zero-order valence-corrected chi connectivity index (χ0v) is 13.6. The van der Waals surface area contributed by atoms with E-state index in [1.54, 1.807) is 0 Å². The topological polar surface area (TPSA) is 20.2 Å². The second-order valence-electron chi connectivity index (χ2n) is 7.62. The molecule has 0 amide bonds. The van der Waals surface area contributed by atoms with E-state index in [0.717, 1.165) is 43.6 Å². The van der Waals surface area contributed by atoms with Crippen molar-refractivity contribution in [3.63, 3.8) is 0 Å². The first kappa shape index (κ1) is 15.6. The molecular formula is C19H30O. The van der Waals surface area contributed by atoms with Crippen LogP contribution in [0.25, 0.3) is 0 Å². The lowest BCUT2D eigenvalue weighted by Crippen LogP contribution is -2.35. The Balaban J connectivity index is 2.05. The fourth-order valence-corrected chi connectivity index (χ4v) is 3.52. The molecule has 1 N–H and O–H groups in total. The number of benzene rings is 1. The van der Waals surface area contributed by atoms with Gasteiger partial charge in [0.1, 0.15) is 0 Å². The second kappa shape index (κ2) is 5.89. The number of rotatable bonds is 3. The molecule has 1 aromatic carbocycles. The third-order valence-corrected chi connectivity index (χ3v) is 5.07. The van der Waals surface area contributed by atoms with E-state index < -0.39 is 5.60 Å². The highest BCUT2D eigenvalue weighted by Gasteiger charge is 2.38. The minimum atomic E-state index is -0.591. The van der Waals surface area contributed by atoms with Gasteiger partial charge in [0.25, 0.3) is 0 Å². The maximum absolute atomic E-state index is 10.9. The zero-order chi connectivity index (χ0) is 14.8. The highest BCUT2D eigenvalue weighted by molar-refractivity contribution is 5.27. The van der Waals surface area contributed by atoms with E-state index in [1.807, 2.05) is 0 Å². The highest BCUT2D eigenvalue weighted by Crippen LogP contribution is 2.45. The quantitative estimate of drug-likeness (QED) is 0.816. The van der Waals surface area contributed by atoms with Crippen LogP contribution in [-0.2, 0) is 12.0 Å². The van der Waals surface area contributed by atoms with Crippen LogP contribution >= 0.6 is 0 Å². The van der Waals surface area contributed by atoms with Crippen molar-refractivity contribution in [3.8, 4) is 0 Å². The van der Waals surface area contributed by atoms with Gasteiger partial charge in [0.2, 0.25) is 0 Å². The van der Waals surface area contributed by atoms with E-state index in [0.29, 0.717) is 5.41 Å². The van der Waals surface area contributed by atoms with E-state index in [9.17, 15) is 5.11 Å². The Hall–Kier alpha value is -0.820. The summed E-state index contributed by atoms with van der Waals surface area (Å²) in [5, 5.41) is 10.9. The molecule has 1 saturated carbocycles. The summed E-state index contributed by atoms with van der Waals surface area (Å²) in [6.45, 7) is 9.17. The molecule has 1 heteroatoms. The minimum Gasteiger partial charge on any atom is -0.385 e. The van der Waals surface area contributed by atoms with Gasteiger partial charge >= 0.3 is 0 Å². The molecule has 112 valence electrons. The van der Waals surface area contributed by atoms with Gasteiger partial charge in [0, 0.05) is 0 Å². The van der Waals surface area contributed by atoms with E-state index in [2.05, 4.69) is 52.0 Å². The van der Waals surface area contributed by atoms with Crippen molar-refractivity contribution < 1.29 is 5.11 Å². The van der Waals surface area contributed by atoms with Gasteiger partial charge in [0.05, 0.1) is 5.60 Å². The lowest BCUT2D eigenvalue weighted by molar-refractivity contribution is -0.0298. The van der Waals surface area contributed by atoms with E-state index in [-0.39, 0.29) is 0 Å². The Bertz CT molecular complexity index is 416. The molecule has 0 aromatic heterocycles. The van der Waals surface area contributed by atoms with Crippen LogP contribution in [0.15, 0.2) is 24.3 Å². The van der Waals surface area contributed by atoms with Gasteiger partial charge in [-0.3, -0.25) is 0 Å². The fraction of sp³-hybridized carbons (Fsp3) is 0.684. The van der Waals surface area contributed by atoms with Crippen LogP contribution in [-0.4, -0.2) is 5.11 Å². The Morgan fingerprint density at radius 3 is 2.10 bits per heavy atom. The summed E-state index contributed by atoms with van der Waals surface area (Å²) in [6.07, 6.45) is 6.39. The van der Waals surface area contributed by atoms with Gasteiger partial charge in [0.15, 0.2) is 0 Å². The second-order valence-corrected chi connectivity index (χ2v) is 7.62. The number of hydrogen-bond donors (Lipinski definition) is 1. The number of aliphatic hydroxyl groups is 1. The molecule has 1 nitrogen and oxygen atoms in total.